The molecule has 2 aliphatic rings. The van der Waals surface area contributed by atoms with Crippen molar-refractivity contribution in [2.75, 3.05) is 14.2 Å². The van der Waals surface area contributed by atoms with E-state index in [0.717, 1.165) is 22.4 Å². The number of nitrogens with one attached hydrogen (secondary N) is 1. The zero-order valence-electron chi connectivity index (χ0n) is 12.0. The molecule has 0 heterocycles. The summed E-state index contributed by atoms with van der Waals surface area (Å²) in [5.74, 6) is 3.09. The van der Waals surface area contributed by atoms with Gasteiger partial charge in [-0.2, -0.15) is 0 Å². The maximum Gasteiger partial charge on any atom is 0.138 e. The quantitative estimate of drug-likeness (QED) is 0.870. The lowest BCUT2D eigenvalue weighted by molar-refractivity contribution is 0.259. The smallest absolute Gasteiger partial charge is 0.138 e. The Labute approximate surface area is 130 Å². The minimum Gasteiger partial charge on any atom is -0.495 e. The van der Waals surface area contributed by atoms with Crippen LogP contribution in [0.5, 0.6) is 5.75 Å². The number of methoxy groups -OCH3 is 1. The maximum atomic E-state index is 6.46. The van der Waals surface area contributed by atoms with Crippen molar-refractivity contribution in [3.05, 3.63) is 27.7 Å². The van der Waals surface area contributed by atoms with Crippen LogP contribution in [0.2, 0.25) is 10.0 Å². The Hall–Kier alpha value is -0.440. The number of fused-ring (bicyclic) bond motifs is 2. The summed E-state index contributed by atoms with van der Waals surface area (Å²) in [7, 11) is 3.63. The van der Waals surface area contributed by atoms with Gasteiger partial charge in [-0.05, 0) is 55.7 Å². The van der Waals surface area contributed by atoms with Crippen molar-refractivity contribution >= 4 is 23.2 Å². The van der Waals surface area contributed by atoms with E-state index in [9.17, 15) is 0 Å². The lowest BCUT2D eigenvalue weighted by Crippen LogP contribution is -2.29. The third-order valence-corrected chi connectivity index (χ3v) is 5.76. The van der Waals surface area contributed by atoms with E-state index in [1.165, 1.54) is 25.7 Å². The van der Waals surface area contributed by atoms with Crippen molar-refractivity contribution < 1.29 is 4.74 Å². The van der Waals surface area contributed by atoms with Crippen LogP contribution in [0.3, 0.4) is 0 Å². The van der Waals surface area contributed by atoms with Gasteiger partial charge in [0, 0.05) is 17.1 Å². The van der Waals surface area contributed by atoms with E-state index < -0.39 is 0 Å². The molecule has 2 nitrogen and oxygen atoms in total. The van der Waals surface area contributed by atoms with Gasteiger partial charge in [0.1, 0.15) is 5.75 Å². The van der Waals surface area contributed by atoms with Crippen LogP contribution in [0.1, 0.15) is 37.3 Å². The lowest BCUT2D eigenvalue weighted by atomic mass is 9.80. The average molecular weight is 314 g/mol. The monoisotopic (exact) mass is 313 g/mol. The number of halogens is 2. The van der Waals surface area contributed by atoms with Gasteiger partial charge in [0.2, 0.25) is 0 Å². The van der Waals surface area contributed by atoms with Gasteiger partial charge in [-0.25, -0.2) is 0 Å². The molecule has 0 aliphatic heterocycles. The molecular weight excluding hydrogens is 293 g/mol. The Morgan fingerprint density at radius 3 is 2.55 bits per heavy atom. The van der Waals surface area contributed by atoms with Gasteiger partial charge in [-0.3, -0.25) is 0 Å². The SMILES string of the molecule is CNC(c1cc(Cl)c(OC)cc1Cl)C1CC2CCC1C2. The van der Waals surface area contributed by atoms with Crippen LogP contribution in [0.15, 0.2) is 12.1 Å². The highest BCUT2D eigenvalue weighted by Crippen LogP contribution is 2.53. The summed E-state index contributed by atoms with van der Waals surface area (Å²) < 4.78 is 5.23. The van der Waals surface area contributed by atoms with Gasteiger partial charge in [-0.1, -0.05) is 29.6 Å². The largest absolute Gasteiger partial charge is 0.495 e. The summed E-state index contributed by atoms with van der Waals surface area (Å²) in [5, 5.41) is 4.85. The molecule has 2 bridgehead atoms. The third kappa shape index (κ3) is 2.43. The van der Waals surface area contributed by atoms with Crippen molar-refractivity contribution in [1.82, 2.24) is 5.32 Å². The molecule has 4 heteroatoms. The molecule has 1 aromatic rings. The van der Waals surface area contributed by atoms with Crippen molar-refractivity contribution in [3.63, 3.8) is 0 Å². The van der Waals surface area contributed by atoms with Gasteiger partial charge < -0.3 is 10.1 Å². The van der Waals surface area contributed by atoms with Crippen LogP contribution in [-0.4, -0.2) is 14.2 Å². The first-order valence-electron chi connectivity index (χ1n) is 7.34. The van der Waals surface area contributed by atoms with E-state index in [0.29, 0.717) is 22.7 Å². The van der Waals surface area contributed by atoms with Crippen molar-refractivity contribution in [3.8, 4) is 5.75 Å². The number of ether oxygens (including phenoxy) is 1. The van der Waals surface area contributed by atoms with Crippen LogP contribution >= 0.6 is 23.2 Å². The Morgan fingerprint density at radius 1 is 1.20 bits per heavy atom. The molecule has 0 amide bonds. The van der Waals surface area contributed by atoms with Crippen molar-refractivity contribution in [2.45, 2.75) is 31.7 Å². The summed E-state index contributed by atoms with van der Waals surface area (Å²) in [6.45, 7) is 0. The van der Waals surface area contributed by atoms with Crippen molar-refractivity contribution in [2.24, 2.45) is 17.8 Å². The molecule has 4 atom stereocenters. The van der Waals surface area contributed by atoms with Crippen LogP contribution in [0.25, 0.3) is 0 Å². The predicted molar refractivity (Wildman–Crippen MR) is 83.8 cm³/mol. The predicted octanol–water partition coefficient (Wildman–Crippen LogP) is 4.70. The molecule has 2 aliphatic carbocycles. The fourth-order valence-corrected chi connectivity index (χ4v) is 4.76. The Kier molecular flexibility index (Phi) is 4.16. The molecule has 20 heavy (non-hydrogen) atoms. The van der Waals surface area contributed by atoms with Crippen LogP contribution in [0.4, 0.5) is 0 Å². The number of hydrogen-bond donors (Lipinski definition) is 1. The van der Waals surface area contributed by atoms with E-state index >= 15 is 0 Å². The summed E-state index contributed by atoms with van der Waals surface area (Å²) in [4.78, 5) is 0. The van der Waals surface area contributed by atoms with Gasteiger partial charge in [-0.15, -0.1) is 0 Å². The molecule has 2 fully saturated rings. The van der Waals surface area contributed by atoms with E-state index in [4.69, 9.17) is 27.9 Å². The fourth-order valence-electron chi connectivity index (χ4n) is 4.24. The topological polar surface area (TPSA) is 21.3 Å². The van der Waals surface area contributed by atoms with Gasteiger partial charge in [0.05, 0.1) is 12.1 Å². The van der Waals surface area contributed by atoms with E-state index in [-0.39, 0.29) is 0 Å². The Morgan fingerprint density at radius 2 is 2.00 bits per heavy atom. The summed E-state index contributed by atoms with van der Waals surface area (Å²) in [6, 6.07) is 4.09. The van der Waals surface area contributed by atoms with Gasteiger partial charge in [0.15, 0.2) is 0 Å². The molecule has 0 spiro atoms. The third-order valence-electron chi connectivity index (χ3n) is 5.14. The second kappa shape index (κ2) is 5.75. The van der Waals surface area contributed by atoms with Crippen LogP contribution < -0.4 is 10.1 Å². The minimum absolute atomic E-state index is 0.293. The molecule has 4 unspecified atom stereocenters. The Balaban J connectivity index is 1.91. The van der Waals surface area contributed by atoms with E-state index in [1.807, 2.05) is 19.2 Å². The standard InChI is InChI=1S/C16H21Cl2NO/c1-19-16(11-6-9-3-4-10(11)5-9)12-7-14(18)15(20-2)8-13(12)17/h7-11,16,19H,3-6H2,1-2H3. The molecule has 110 valence electrons. The van der Waals surface area contributed by atoms with Crippen LogP contribution in [-0.2, 0) is 0 Å². The highest BCUT2D eigenvalue weighted by atomic mass is 35.5. The summed E-state index contributed by atoms with van der Waals surface area (Å²) in [6.07, 6.45) is 5.49. The molecule has 1 N–H and O–H groups in total. The Bertz CT molecular complexity index is 505. The lowest BCUT2D eigenvalue weighted by Gasteiger charge is -2.31. The van der Waals surface area contributed by atoms with E-state index in [1.54, 1.807) is 7.11 Å². The minimum atomic E-state index is 0.293. The summed E-state index contributed by atoms with van der Waals surface area (Å²) in [5.41, 5.74) is 1.11. The second-order valence-corrected chi connectivity index (χ2v) is 6.93. The fraction of sp³-hybridized carbons (Fsp3) is 0.625. The highest BCUT2D eigenvalue weighted by molar-refractivity contribution is 6.34. The zero-order chi connectivity index (χ0) is 14.3. The first-order valence-corrected chi connectivity index (χ1v) is 8.09. The van der Waals surface area contributed by atoms with Gasteiger partial charge in [0.25, 0.3) is 0 Å². The van der Waals surface area contributed by atoms with Gasteiger partial charge >= 0.3 is 0 Å². The molecule has 0 saturated heterocycles. The molecular formula is C16H21Cl2NO. The highest BCUT2D eigenvalue weighted by Gasteiger charge is 2.43. The molecule has 0 radical (unpaired) electrons. The molecule has 2 saturated carbocycles. The average Bonchev–Trinajstić information content (AvgIpc) is 3.05. The second-order valence-electron chi connectivity index (χ2n) is 6.11. The van der Waals surface area contributed by atoms with Crippen molar-refractivity contribution in [1.29, 1.82) is 0 Å². The normalized spacial score (nSPS) is 29.7. The van der Waals surface area contributed by atoms with Crippen LogP contribution in [0, 0.1) is 17.8 Å². The first-order chi connectivity index (χ1) is 9.63. The number of hydrogen-bond acceptors (Lipinski definition) is 2. The molecule has 1 aromatic carbocycles. The summed E-state index contributed by atoms with van der Waals surface area (Å²) >= 11 is 12.7. The molecule has 0 aromatic heterocycles. The number of benzene rings is 1. The molecule has 3 rings (SSSR count). The van der Waals surface area contributed by atoms with E-state index in [2.05, 4.69) is 5.32 Å². The zero-order valence-corrected chi connectivity index (χ0v) is 13.5. The maximum absolute atomic E-state index is 6.46. The first kappa shape index (κ1) is 14.5. The number of rotatable bonds is 4.